The molecule has 3 nitrogen and oxygen atoms in total. The van der Waals surface area contributed by atoms with E-state index in [4.69, 9.17) is 16.3 Å². The molecule has 0 aliphatic heterocycles. The Morgan fingerprint density at radius 2 is 2.00 bits per heavy atom. The van der Waals surface area contributed by atoms with E-state index in [1.807, 2.05) is 48.5 Å². The summed E-state index contributed by atoms with van der Waals surface area (Å²) in [6, 6.07) is 14.7. The highest BCUT2D eigenvalue weighted by Gasteiger charge is 2.20. The number of nitrogens with one attached hydrogen (secondary N) is 1. The number of methoxy groups -OCH3 is 1. The van der Waals surface area contributed by atoms with Crippen molar-refractivity contribution in [2.24, 2.45) is 0 Å². The van der Waals surface area contributed by atoms with Crippen molar-refractivity contribution in [2.75, 3.05) is 7.11 Å². The lowest BCUT2D eigenvalue weighted by Gasteiger charge is -2.17. The zero-order chi connectivity index (χ0) is 15.2. The topological polar surface area (TPSA) is 38.3 Å². The Hall–Kier alpha value is -1.36. The second kappa shape index (κ2) is 7.59. The van der Waals surface area contributed by atoms with Gasteiger partial charge in [-0.1, -0.05) is 48.0 Å². The molecule has 110 valence electrons. The molecule has 0 heterocycles. The predicted octanol–water partition coefficient (Wildman–Crippen LogP) is 4.11. The van der Waals surface area contributed by atoms with Crippen LogP contribution in [-0.4, -0.2) is 13.1 Å². The van der Waals surface area contributed by atoms with Crippen molar-refractivity contribution in [1.82, 2.24) is 5.32 Å². The Labute approximate surface area is 137 Å². The highest BCUT2D eigenvalue weighted by atomic mass is 79.9. The van der Waals surface area contributed by atoms with E-state index in [0.29, 0.717) is 11.6 Å². The Morgan fingerprint density at radius 3 is 2.62 bits per heavy atom. The smallest absolute Gasteiger partial charge is 0.327 e. The third-order valence-electron chi connectivity index (χ3n) is 3.06. The van der Waals surface area contributed by atoms with Gasteiger partial charge in [0, 0.05) is 11.0 Å². The molecule has 0 saturated heterocycles. The number of hydrogen-bond acceptors (Lipinski definition) is 3. The van der Waals surface area contributed by atoms with Gasteiger partial charge in [-0.3, -0.25) is 5.32 Å². The first-order valence-electron chi connectivity index (χ1n) is 6.42. The summed E-state index contributed by atoms with van der Waals surface area (Å²) in [5.74, 6) is -0.315. The van der Waals surface area contributed by atoms with Crippen LogP contribution in [0.1, 0.15) is 17.2 Å². The molecule has 2 rings (SSSR count). The van der Waals surface area contributed by atoms with Gasteiger partial charge in [-0.2, -0.15) is 0 Å². The van der Waals surface area contributed by atoms with E-state index in [-0.39, 0.29) is 5.97 Å². The maximum Gasteiger partial charge on any atom is 0.327 e. The van der Waals surface area contributed by atoms with Gasteiger partial charge in [-0.25, -0.2) is 4.79 Å². The number of carbonyl (C=O) groups excluding carboxylic acids is 1. The first-order chi connectivity index (χ1) is 10.1. The molecule has 0 amide bonds. The van der Waals surface area contributed by atoms with E-state index >= 15 is 0 Å². The summed E-state index contributed by atoms with van der Waals surface area (Å²) in [6.45, 7) is 0.516. The molecular weight excluding hydrogens is 354 g/mol. The molecular formula is C16H15BrClNO2. The minimum Gasteiger partial charge on any atom is -0.468 e. The summed E-state index contributed by atoms with van der Waals surface area (Å²) < 4.78 is 5.71. The van der Waals surface area contributed by atoms with Gasteiger partial charge in [-0.05, 0) is 39.2 Å². The van der Waals surface area contributed by atoms with Gasteiger partial charge >= 0.3 is 5.97 Å². The molecule has 0 aliphatic carbocycles. The fourth-order valence-corrected chi connectivity index (χ4v) is 2.42. The maximum atomic E-state index is 11.9. The first kappa shape index (κ1) is 16.0. The summed E-state index contributed by atoms with van der Waals surface area (Å²) in [5.41, 5.74) is 1.86. The molecule has 0 aliphatic rings. The van der Waals surface area contributed by atoms with Crippen LogP contribution in [0.3, 0.4) is 0 Å². The molecule has 0 radical (unpaired) electrons. The number of carbonyl (C=O) groups is 1. The van der Waals surface area contributed by atoms with Gasteiger partial charge in [0.2, 0.25) is 0 Å². The van der Waals surface area contributed by atoms with Crippen molar-refractivity contribution in [2.45, 2.75) is 12.6 Å². The molecule has 1 atom stereocenters. The Bertz CT molecular complexity index is 619. The number of ether oxygens (including phenoxy) is 1. The fourth-order valence-electron chi connectivity index (χ4n) is 1.97. The average Bonchev–Trinajstić information content (AvgIpc) is 2.51. The Kier molecular flexibility index (Phi) is 5.79. The highest BCUT2D eigenvalue weighted by Crippen LogP contribution is 2.23. The number of halogens is 2. The van der Waals surface area contributed by atoms with Crippen LogP contribution in [0.4, 0.5) is 0 Å². The minimum atomic E-state index is -0.501. The van der Waals surface area contributed by atoms with Crippen LogP contribution in [0, 0.1) is 0 Å². The normalized spacial score (nSPS) is 12.0. The quantitative estimate of drug-likeness (QED) is 0.807. The summed E-state index contributed by atoms with van der Waals surface area (Å²) in [6.07, 6.45) is 0. The molecule has 2 aromatic rings. The lowest BCUT2D eigenvalue weighted by Crippen LogP contribution is -2.29. The molecule has 0 spiro atoms. The van der Waals surface area contributed by atoms with E-state index in [1.54, 1.807) is 0 Å². The molecule has 21 heavy (non-hydrogen) atoms. The zero-order valence-electron chi connectivity index (χ0n) is 11.5. The van der Waals surface area contributed by atoms with Gasteiger partial charge in [0.15, 0.2) is 0 Å². The molecule has 0 saturated carbocycles. The van der Waals surface area contributed by atoms with Crippen LogP contribution in [0.25, 0.3) is 0 Å². The SMILES string of the molecule is COC(=O)C(NCc1ccc(Br)c(Cl)c1)c1ccccc1. The minimum absolute atomic E-state index is 0.315. The van der Waals surface area contributed by atoms with E-state index < -0.39 is 6.04 Å². The van der Waals surface area contributed by atoms with E-state index in [2.05, 4.69) is 21.2 Å². The summed E-state index contributed by atoms with van der Waals surface area (Å²) in [4.78, 5) is 11.9. The summed E-state index contributed by atoms with van der Waals surface area (Å²) in [7, 11) is 1.39. The summed E-state index contributed by atoms with van der Waals surface area (Å²) >= 11 is 9.42. The molecule has 0 bridgehead atoms. The fraction of sp³-hybridized carbons (Fsp3) is 0.188. The van der Waals surface area contributed by atoms with Crippen LogP contribution in [0.5, 0.6) is 0 Å². The van der Waals surface area contributed by atoms with Gasteiger partial charge in [-0.15, -0.1) is 0 Å². The molecule has 1 N–H and O–H groups in total. The first-order valence-corrected chi connectivity index (χ1v) is 7.59. The number of benzene rings is 2. The van der Waals surface area contributed by atoms with Crippen molar-refractivity contribution >= 4 is 33.5 Å². The highest BCUT2D eigenvalue weighted by molar-refractivity contribution is 9.10. The molecule has 5 heteroatoms. The van der Waals surface area contributed by atoms with Crippen LogP contribution >= 0.6 is 27.5 Å². The predicted molar refractivity (Wildman–Crippen MR) is 87.2 cm³/mol. The van der Waals surface area contributed by atoms with Crippen molar-refractivity contribution in [3.8, 4) is 0 Å². The maximum absolute atomic E-state index is 11.9. The van der Waals surface area contributed by atoms with E-state index in [1.165, 1.54) is 7.11 Å². The van der Waals surface area contributed by atoms with Crippen LogP contribution < -0.4 is 5.32 Å². The van der Waals surface area contributed by atoms with Crippen molar-refractivity contribution in [3.05, 3.63) is 69.2 Å². The number of esters is 1. The molecule has 2 aromatic carbocycles. The second-order valence-electron chi connectivity index (χ2n) is 4.50. The number of hydrogen-bond donors (Lipinski definition) is 1. The zero-order valence-corrected chi connectivity index (χ0v) is 13.8. The van der Waals surface area contributed by atoms with Gasteiger partial charge < -0.3 is 4.74 Å². The average molecular weight is 369 g/mol. The third-order valence-corrected chi connectivity index (χ3v) is 4.30. The summed E-state index contributed by atoms with van der Waals surface area (Å²) in [5, 5.41) is 3.84. The van der Waals surface area contributed by atoms with Crippen molar-refractivity contribution in [3.63, 3.8) is 0 Å². The van der Waals surface area contributed by atoms with Crippen LogP contribution in [-0.2, 0) is 16.1 Å². The molecule has 0 aromatic heterocycles. The van der Waals surface area contributed by atoms with Gasteiger partial charge in [0.25, 0.3) is 0 Å². The van der Waals surface area contributed by atoms with Crippen LogP contribution in [0.15, 0.2) is 53.0 Å². The van der Waals surface area contributed by atoms with Gasteiger partial charge in [0.1, 0.15) is 6.04 Å². The van der Waals surface area contributed by atoms with Crippen LogP contribution in [0.2, 0.25) is 5.02 Å². The van der Waals surface area contributed by atoms with Gasteiger partial charge in [0.05, 0.1) is 12.1 Å². The Balaban J connectivity index is 2.12. The lowest BCUT2D eigenvalue weighted by atomic mass is 10.1. The monoisotopic (exact) mass is 367 g/mol. The number of rotatable bonds is 5. The van der Waals surface area contributed by atoms with Crippen molar-refractivity contribution < 1.29 is 9.53 Å². The standard InChI is InChI=1S/C16H15BrClNO2/c1-21-16(20)15(12-5-3-2-4-6-12)19-10-11-7-8-13(17)14(18)9-11/h2-9,15,19H,10H2,1H3. The second-order valence-corrected chi connectivity index (χ2v) is 5.76. The van der Waals surface area contributed by atoms with Crippen molar-refractivity contribution in [1.29, 1.82) is 0 Å². The van der Waals surface area contributed by atoms with E-state index in [9.17, 15) is 4.79 Å². The largest absolute Gasteiger partial charge is 0.468 e. The van der Waals surface area contributed by atoms with E-state index in [0.717, 1.165) is 15.6 Å². The Morgan fingerprint density at radius 1 is 1.29 bits per heavy atom. The third kappa shape index (κ3) is 4.30. The lowest BCUT2D eigenvalue weighted by molar-refractivity contribution is -0.143. The molecule has 1 unspecified atom stereocenters. The molecule has 0 fully saturated rings.